The van der Waals surface area contributed by atoms with Gasteiger partial charge in [-0.15, -0.1) is 0 Å². The third-order valence-electron chi connectivity index (χ3n) is 4.33. The van der Waals surface area contributed by atoms with Crippen LogP contribution in [-0.4, -0.2) is 36.5 Å². The highest BCUT2D eigenvalue weighted by atomic mass is 16.3. The molecular weight excluding hydrogens is 280 g/mol. The van der Waals surface area contributed by atoms with E-state index in [9.17, 15) is 9.59 Å². The van der Waals surface area contributed by atoms with E-state index in [2.05, 4.69) is 24.1 Å². The lowest BCUT2D eigenvalue weighted by Gasteiger charge is -2.34. The summed E-state index contributed by atoms with van der Waals surface area (Å²) in [5.74, 6) is 0.915. The molecule has 0 saturated carbocycles. The Labute approximate surface area is 131 Å². The summed E-state index contributed by atoms with van der Waals surface area (Å²) in [7, 11) is 0. The van der Waals surface area contributed by atoms with Crippen molar-refractivity contribution in [2.24, 2.45) is 5.92 Å². The lowest BCUT2D eigenvalue weighted by atomic mass is 9.93. The van der Waals surface area contributed by atoms with Gasteiger partial charge in [0.15, 0.2) is 11.2 Å². The summed E-state index contributed by atoms with van der Waals surface area (Å²) < 4.78 is 5.28. The number of aryl methyl sites for hydroxylation is 1. The van der Waals surface area contributed by atoms with Crippen LogP contribution in [0.2, 0.25) is 0 Å². The fourth-order valence-electron chi connectivity index (χ4n) is 2.95. The minimum atomic E-state index is -0.305. The van der Waals surface area contributed by atoms with E-state index in [0.29, 0.717) is 24.3 Å². The Balaban J connectivity index is 1.75. The summed E-state index contributed by atoms with van der Waals surface area (Å²) in [4.78, 5) is 25.9. The maximum atomic E-state index is 12.0. The lowest BCUT2D eigenvalue weighted by Crippen LogP contribution is -2.39. The number of nitrogens with zero attached hydrogens (tertiary/aromatic N) is 1. The normalized spacial score (nSPS) is 16.9. The van der Waals surface area contributed by atoms with Gasteiger partial charge in [0.05, 0.1) is 0 Å². The van der Waals surface area contributed by atoms with Gasteiger partial charge >= 0.3 is 0 Å². The second-order valence-electron chi connectivity index (χ2n) is 6.39. The second-order valence-corrected chi connectivity index (χ2v) is 6.39. The first-order chi connectivity index (χ1) is 10.5. The zero-order chi connectivity index (χ0) is 16.1. The van der Waals surface area contributed by atoms with Crippen LogP contribution in [0.4, 0.5) is 0 Å². The molecule has 1 aromatic rings. The van der Waals surface area contributed by atoms with Crippen LogP contribution in [0.5, 0.6) is 0 Å². The second kappa shape index (κ2) is 7.58. The van der Waals surface area contributed by atoms with Gasteiger partial charge in [-0.05, 0) is 59.0 Å². The molecule has 1 fully saturated rings. The van der Waals surface area contributed by atoms with Crippen LogP contribution in [-0.2, 0) is 0 Å². The van der Waals surface area contributed by atoms with Crippen molar-refractivity contribution in [3.63, 3.8) is 0 Å². The molecule has 0 atom stereocenters. The van der Waals surface area contributed by atoms with Gasteiger partial charge in [-0.2, -0.15) is 0 Å². The maximum Gasteiger partial charge on any atom is 0.287 e. The molecule has 0 aromatic carbocycles. The number of carbonyl (C=O) groups is 1. The third kappa shape index (κ3) is 4.70. The summed E-state index contributed by atoms with van der Waals surface area (Å²) in [6.07, 6.45) is 3.36. The standard InChI is InChI=1S/C17H26N2O3/c1-12(2)19-8-5-14(6-9-19)4-7-18-17(21)16-11-15(20)10-13(3)22-16/h10-12,14H,4-9H2,1-3H3,(H,18,21). The van der Waals surface area contributed by atoms with Crippen molar-refractivity contribution in [1.82, 2.24) is 10.2 Å². The summed E-state index contributed by atoms with van der Waals surface area (Å²) in [5.41, 5.74) is -0.199. The summed E-state index contributed by atoms with van der Waals surface area (Å²) >= 11 is 0. The van der Waals surface area contributed by atoms with Gasteiger partial charge in [-0.1, -0.05) is 0 Å². The molecule has 122 valence electrons. The minimum Gasteiger partial charge on any atom is -0.456 e. The third-order valence-corrected chi connectivity index (χ3v) is 4.33. The average Bonchev–Trinajstić information content (AvgIpc) is 2.46. The molecule has 1 aliphatic heterocycles. The number of likely N-dealkylation sites (tertiary alicyclic amines) is 1. The highest BCUT2D eigenvalue weighted by Gasteiger charge is 2.20. The Morgan fingerprint density at radius 3 is 2.64 bits per heavy atom. The molecule has 1 aliphatic rings. The van der Waals surface area contributed by atoms with Crippen molar-refractivity contribution in [2.75, 3.05) is 19.6 Å². The van der Waals surface area contributed by atoms with Crippen molar-refractivity contribution in [2.45, 2.75) is 46.1 Å². The molecule has 2 rings (SSSR count). The largest absolute Gasteiger partial charge is 0.456 e. The molecule has 2 heterocycles. The summed E-state index contributed by atoms with van der Waals surface area (Å²) in [6, 6.07) is 3.23. The van der Waals surface area contributed by atoms with Gasteiger partial charge in [-0.25, -0.2) is 0 Å². The van der Waals surface area contributed by atoms with E-state index < -0.39 is 0 Å². The van der Waals surface area contributed by atoms with Crippen LogP contribution >= 0.6 is 0 Å². The molecule has 5 heteroatoms. The van der Waals surface area contributed by atoms with E-state index in [4.69, 9.17) is 4.42 Å². The predicted octanol–water partition coefficient (Wildman–Crippen LogP) is 2.19. The zero-order valence-corrected chi connectivity index (χ0v) is 13.7. The number of hydrogen-bond acceptors (Lipinski definition) is 4. The van der Waals surface area contributed by atoms with Gasteiger partial charge in [0.25, 0.3) is 5.91 Å². The maximum absolute atomic E-state index is 12.0. The van der Waals surface area contributed by atoms with Crippen molar-refractivity contribution >= 4 is 5.91 Å². The fourth-order valence-corrected chi connectivity index (χ4v) is 2.95. The number of amides is 1. The summed E-state index contributed by atoms with van der Waals surface area (Å²) in [6.45, 7) is 9.04. The molecule has 5 nitrogen and oxygen atoms in total. The molecule has 0 aliphatic carbocycles. The fraction of sp³-hybridized carbons (Fsp3) is 0.647. The van der Waals surface area contributed by atoms with E-state index in [0.717, 1.165) is 19.5 Å². The van der Waals surface area contributed by atoms with Crippen molar-refractivity contribution in [3.8, 4) is 0 Å². The average molecular weight is 306 g/mol. The van der Waals surface area contributed by atoms with Crippen LogP contribution in [0, 0.1) is 12.8 Å². The van der Waals surface area contributed by atoms with Crippen molar-refractivity contribution in [1.29, 1.82) is 0 Å². The van der Waals surface area contributed by atoms with Gasteiger partial charge in [0.2, 0.25) is 0 Å². The quantitative estimate of drug-likeness (QED) is 0.906. The van der Waals surface area contributed by atoms with E-state index >= 15 is 0 Å². The Kier molecular flexibility index (Phi) is 5.77. The first-order valence-electron chi connectivity index (χ1n) is 8.09. The van der Waals surface area contributed by atoms with E-state index in [1.54, 1.807) is 6.92 Å². The van der Waals surface area contributed by atoms with Crippen molar-refractivity contribution in [3.05, 3.63) is 33.9 Å². The number of carbonyl (C=O) groups excluding carboxylic acids is 1. The van der Waals surface area contributed by atoms with Crippen LogP contribution < -0.4 is 10.7 Å². The zero-order valence-electron chi connectivity index (χ0n) is 13.7. The minimum absolute atomic E-state index is 0.0969. The number of hydrogen-bond donors (Lipinski definition) is 1. The van der Waals surface area contributed by atoms with Gasteiger partial charge in [0.1, 0.15) is 5.76 Å². The highest BCUT2D eigenvalue weighted by molar-refractivity contribution is 5.91. The molecule has 22 heavy (non-hydrogen) atoms. The van der Waals surface area contributed by atoms with Crippen LogP contribution in [0.1, 0.15) is 49.4 Å². The molecule has 0 unspecified atom stereocenters. The monoisotopic (exact) mass is 306 g/mol. The lowest BCUT2D eigenvalue weighted by molar-refractivity contribution is 0.0914. The van der Waals surface area contributed by atoms with Gasteiger partial charge < -0.3 is 14.6 Å². The molecule has 1 aromatic heterocycles. The van der Waals surface area contributed by atoms with Crippen LogP contribution in [0.25, 0.3) is 0 Å². The molecule has 1 N–H and O–H groups in total. The topological polar surface area (TPSA) is 62.6 Å². The molecule has 0 spiro atoms. The number of nitrogens with one attached hydrogen (secondary N) is 1. The van der Waals surface area contributed by atoms with Gasteiger partial charge in [0, 0.05) is 24.7 Å². The van der Waals surface area contributed by atoms with E-state index in [1.165, 1.54) is 25.0 Å². The van der Waals surface area contributed by atoms with E-state index in [1.807, 2.05) is 0 Å². The molecule has 1 amide bonds. The van der Waals surface area contributed by atoms with Crippen molar-refractivity contribution < 1.29 is 9.21 Å². The van der Waals surface area contributed by atoms with Crippen LogP contribution in [0.15, 0.2) is 21.3 Å². The Bertz CT molecular complexity index is 557. The number of piperidine rings is 1. The SMILES string of the molecule is Cc1cc(=O)cc(C(=O)NCCC2CCN(C(C)C)CC2)o1. The van der Waals surface area contributed by atoms with E-state index in [-0.39, 0.29) is 17.1 Å². The highest BCUT2D eigenvalue weighted by Crippen LogP contribution is 2.21. The number of rotatable bonds is 5. The first kappa shape index (κ1) is 16.7. The Morgan fingerprint density at radius 1 is 1.36 bits per heavy atom. The first-order valence-corrected chi connectivity index (χ1v) is 8.09. The molecule has 1 saturated heterocycles. The summed E-state index contributed by atoms with van der Waals surface area (Å²) in [5, 5.41) is 2.85. The molecule has 0 radical (unpaired) electrons. The Morgan fingerprint density at radius 2 is 2.05 bits per heavy atom. The molecule has 0 bridgehead atoms. The van der Waals surface area contributed by atoms with Gasteiger partial charge in [-0.3, -0.25) is 9.59 Å². The van der Waals surface area contributed by atoms with Crippen LogP contribution in [0.3, 0.4) is 0 Å². The molecular formula is C17H26N2O3. The smallest absolute Gasteiger partial charge is 0.287 e. The Hall–Kier alpha value is -1.62. The predicted molar refractivity (Wildman–Crippen MR) is 86.1 cm³/mol.